The van der Waals surface area contributed by atoms with E-state index in [4.69, 9.17) is 14.4 Å². The molecule has 14 rings (SSSR count). The van der Waals surface area contributed by atoms with Crippen molar-refractivity contribution in [3.63, 3.8) is 0 Å². The van der Waals surface area contributed by atoms with Gasteiger partial charge in [0, 0.05) is 50.4 Å². The largest absolute Gasteiger partial charge is 0.454 e. The summed E-state index contributed by atoms with van der Waals surface area (Å²) in [6.07, 6.45) is 3.71. The van der Waals surface area contributed by atoms with Crippen LogP contribution in [0.15, 0.2) is 253 Å². The van der Waals surface area contributed by atoms with Gasteiger partial charge in [0.25, 0.3) is 0 Å². The first-order valence-corrected chi connectivity index (χ1v) is 23.6. The smallest absolute Gasteiger partial charge is 0.159 e. The Morgan fingerprint density at radius 1 is 0.343 bits per heavy atom. The average molecular weight is 896 g/mol. The molecule has 0 spiro atoms. The van der Waals surface area contributed by atoms with Crippen molar-refractivity contribution in [1.29, 1.82) is 0 Å². The van der Waals surface area contributed by atoms with E-state index in [1.807, 2.05) is 36.7 Å². The van der Waals surface area contributed by atoms with Gasteiger partial charge >= 0.3 is 0 Å². The minimum Gasteiger partial charge on any atom is -0.454 e. The number of fused-ring (bicyclic) bond motifs is 9. The van der Waals surface area contributed by atoms with E-state index in [1.54, 1.807) is 0 Å². The highest BCUT2D eigenvalue weighted by Gasteiger charge is 2.26. The monoisotopic (exact) mass is 895 g/mol. The topological polar surface area (TPSA) is 50.3 Å². The van der Waals surface area contributed by atoms with E-state index in [2.05, 4.69) is 227 Å². The molecule has 0 fully saturated rings. The van der Waals surface area contributed by atoms with Crippen molar-refractivity contribution in [2.75, 3.05) is 9.80 Å². The van der Waals surface area contributed by atoms with Gasteiger partial charge in [0.1, 0.15) is 17.2 Å². The molecule has 0 aliphatic heterocycles. The SMILES string of the molecule is c1ccc(N(c2cc(N(c3ccc4ccccc4c3)c3ccccn3)c3oc4ccc(-c5ccc6c7ccccc7n(-c7cccc8ccccc78)c6c5)cc4c3c2)c2cccc3ccccc23)nc1. The van der Waals surface area contributed by atoms with Crippen LogP contribution in [0.25, 0.3) is 92.9 Å². The molecule has 0 atom stereocenters. The van der Waals surface area contributed by atoms with Crippen LogP contribution >= 0.6 is 0 Å². The molecule has 0 bridgehead atoms. The van der Waals surface area contributed by atoms with E-state index in [0.29, 0.717) is 0 Å². The maximum atomic E-state index is 7.12. The second kappa shape index (κ2) is 16.1. The summed E-state index contributed by atoms with van der Waals surface area (Å²) in [5.41, 5.74) is 11.0. The Morgan fingerprint density at radius 2 is 0.957 bits per heavy atom. The maximum absolute atomic E-state index is 7.12. The quantitative estimate of drug-likeness (QED) is 0.152. The van der Waals surface area contributed by atoms with Crippen LogP contribution in [0.2, 0.25) is 0 Å². The Bertz CT molecular complexity index is 4320. The number of furan rings is 1. The molecule has 14 aromatic rings. The third-order valence-corrected chi connectivity index (χ3v) is 13.8. The van der Waals surface area contributed by atoms with Crippen molar-refractivity contribution in [2.45, 2.75) is 0 Å². The summed E-state index contributed by atoms with van der Waals surface area (Å²) in [4.78, 5) is 14.5. The number of pyridine rings is 2. The highest BCUT2D eigenvalue weighted by molar-refractivity contribution is 6.15. The maximum Gasteiger partial charge on any atom is 0.159 e. The van der Waals surface area contributed by atoms with E-state index < -0.39 is 0 Å². The third-order valence-electron chi connectivity index (χ3n) is 13.8. The molecule has 6 nitrogen and oxygen atoms in total. The van der Waals surface area contributed by atoms with Crippen molar-refractivity contribution < 1.29 is 4.42 Å². The fourth-order valence-electron chi connectivity index (χ4n) is 10.6. The van der Waals surface area contributed by atoms with Gasteiger partial charge in [-0.25, -0.2) is 9.97 Å². The number of aromatic nitrogens is 3. The molecule has 0 N–H and O–H groups in total. The number of anilines is 6. The van der Waals surface area contributed by atoms with Crippen molar-refractivity contribution in [2.24, 2.45) is 0 Å². The molecule has 0 amide bonds. The normalized spacial score (nSPS) is 11.7. The second-order valence-electron chi connectivity index (χ2n) is 17.8. The van der Waals surface area contributed by atoms with Crippen molar-refractivity contribution in [3.05, 3.63) is 249 Å². The van der Waals surface area contributed by atoms with E-state index in [-0.39, 0.29) is 0 Å². The van der Waals surface area contributed by atoms with Crippen LogP contribution in [-0.4, -0.2) is 14.5 Å². The lowest BCUT2D eigenvalue weighted by Gasteiger charge is -2.29. The van der Waals surface area contributed by atoms with Gasteiger partial charge in [-0.2, -0.15) is 0 Å². The first-order chi connectivity index (χ1) is 34.7. The number of hydrogen-bond donors (Lipinski definition) is 0. The number of benzene rings is 10. The molecular formula is C64H41N5O. The summed E-state index contributed by atoms with van der Waals surface area (Å²) in [6, 6.07) is 84.2. The van der Waals surface area contributed by atoms with Gasteiger partial charge in [-0.15, -0.1) is 0 Å². The summed E-state index contributed by atoms with van der Waals surface area (Å²) >= 11 is 0. The second-order valence-corrected chi connectivity index (χ2v) is 17.8. The lowest BCUT2D eigenvalue weighted by atomic mass is 10.00. The molecule has 0 aliphatic carbocycles. The zero-order chi connectivity index (χ0) is 46.1. The van der Waals surface area contributed by atoms with Crippen LogP contribution < -0.4 is 9.80 Å². The summed E-state index contributed by atoms with van der Waals surface area (Å²) in [5.74, 6) is 1.56. The van der Waals surface area contributed by atoms with Crippen molar-refractivity contribution in [3.8, 4) is 16.8 Å². The standard InChI is InChI=1S/C64H41N5O/c1-2-18-45-37-48(32-29-42(45)15-1)67(62-27-9-11-35-65-62)60-41-49(68(63-28-10-12-36-66-63)56-25-13-19-43-16-3-5-21-50(43)56)40-55-54-38-46(31-34-61(54)70-64(55)60)47-30-33-53-52-23-7-8-24-58(52)69(59(53)39-47)57-26-14-20-44-17-4-6-22-51(44)57/h1-41H. The molecule has 0 aliphatic rings. The van der Waals surface area contributed by atoms with Gasteiger partial charge in [0.05, 0.1) is 33.8 Å². The van der Waals surface area contributed by atoms with E-state index in [0.717, 1.165) is 100 Å². The fraction of sp³-hybridized carbons (Fsp3) is 0. The molecule has 4 aromatic heterocycles. The molecular weight excluding hydrogens is 855 g/mol. The molecule has 328 valence electrons. The van der Waals surface area contributed by atoms with Crippen LogP contribution in [0.4, 0.5) is 34.4 Å². The molecule has 10 aromatic carbocycles. The summed E-state index contributed by atoms with van der Waals surface area (Å²) in [5, 5.41) is 11.4. The van der Waals surface area contributed by atoms with Crippen LogP contribution in [0.3, 0.4) is 0 Å². The van der Waals surface area contributed by atoms with E-state index in [1.165, 1.54) is 27.1 Å². The Hall–Kier alpha value is -9.52. The van der Waals surface area contributed by atoms with Crippen LogP contribution in [-0.2, 0) is 0 Å². The van der Waals surface area contributed by atoms with Gasteiger partial charge in [-0.05, 0) is 118 Å². The average Bonchev–Trinajstić information content (AvgIpc) is 3.96. The zero-order valence-electron chi connectivity index (χ0n) is 37.8. The van der Waals surface area contributed by atoms with Crippen molar-refractivity contribution in [1.82, 2.24) is 14.5 Å². The van der Waals surface area contributed by atoms with Crippen molar-refractivity contribution >= 4 is 110 Å². The van der Waals surface area contributed by atoms with Crippen LogP contribution in [0.1, 0.15) is 0 Å². The molecule has 4 heterocycles. The highest BCUT2D eigenvalue weighted by atomic mass is 16.3. The van der Waals surface area contributed by atoms with Gasteiger partial charge in [0.2, 0.25) is 0 Å². The predicted octanol–water partition coefficient (Wildman–Crippen LogP) is 17.5. The predicted molar refractivity (Wildman–Crippen MR) is 291 cm³/mol. The Kier molecular flexibility index (Phi) is 9.10. The number of para-hydroxylation sites is 1. The Labute approximate surface area is 403 Å². The summed E-state index contributed by atoms with van der Waals surface area (Å²) in [6.45, 7) is 0. The number of rotatable bonds is 8. The summed E-state index contributed by atoms with van der Waals surface area (Å²) < 4.78 is 9.55. The minimum absolute atomic E-state index is 0.750. The van der Waals surface area contributed by atoms with E-state index in [9.17, 15) is 0 Å². The molecule has 0 saturated carbocycles. The molecule has 0 radical (unpaired) electrons. The lowest BCUT2D eigenvalue weighted by molar-refractivity contribution is 0.669. The van der Waals surface area contributed by atoms with Gasteiger partial charge in [-0.1, -0.05) is 152 Å². The minimum atomic E-state index is 0.750. The Balaban J connectivity index is 1.04. The Morgan fingerprint density at radius 3 is 1.74 bits per heavy atom. The first-order valence-electron chi connectivity index (χ1n) is 23.6. The number of hydrogen-bond acceptors (Lipinski definition) is 5. The first kappa shape index (κ1) is 39.6. The fourth-order valence-corrected chi connectivity index (χ4v) is 10.6. The van der Waals surface area contributed by atoms with Crippen LogP contribution in [0, 0.1) is 0 Å². The zero-order valence-corrected chi connectivity index (χ0v) is 37.8. The lowest BCUT2D eigenvalue weighted by Crippen LogP contribution is -2.15. The summed E-state index contributed by atoms with van der Waals surface area (Å²) in [7, 11) is 0. The highest BCUT2D eigenvalue weighted by Crippen LogP contribution is 2.48. The molecule has 0 saturated heterocycles. The van der Waals surface area contributed by atoms with E-state index >= 15 is 0 Å². The molecule has 70 heavy (non-hydrogen) atoms. The van der Waals surface area contributed by atoms with Gasteiger partial charge in [0.15, 0.2) is 5.58 Å². The molecule has 6 heteroatoms. The third kappa shape index (κ3) is 6.42. The molecule has 0 unspecified atom stereocenters. The number of nitrogens with zero attached hydrogens (tertiary/aromatic N) is 5. The van der Waals surface area contributed by atoms with Gasteiger partial charge < -0.3 is 8.98 Å². The van der Waals surface area contributed by atoms with Crippen LogP contribution in [0.5, 0.6) is 0 Å². The van der Waals surface area contributed by atoms with Gasteiger partial charge in [-0.3, -0.25) is 9.80 Å².